The third-order valence-corrected chi connectivity index (χ3v) is 13.4. The minimum Gasteiger partial charge on any atom is -0.462 e. The van der Waals surface area contributed by atoms with E-state index in [2.05, 4.69) is 57.2 Å². The molecule has 1 atom stereocenters. The Morgan fingerprint density at radius 1 is 0.294 bits per heavy atom. The Morgan fingerprint density at radius 3 is 0.853 bits per heavy atom. The maximum Gasteiger partial charge on any atom is 0.306 e. The van der Waals surface area contributed by atoms with Crippen LogP contribution < -0.4 is 0 Å². The van der Waals surface area contributed by atoms with Gasteiger partial charge in [-0.15, -0.1) is 0 Å². The lowest BCUT2D eigenvalue weighted by atomic mass is 10.0. The Bertz CT molecular complexity index is 1140. The lowest BCUT2D eigenvalue weighted by Crippen LogP contribution is -2.30. The summed E-state index contributed by atoms with van der Waals surface area (Å²) in [5.74, 6) is -0.870. The van der Waals surface area contributed by atoms with E-state index in [1.807, 2.05) is 0 Å². The van der Waals surface area contributed by atoms with E-state index in [9.17, 15) is 14.4 Å². The summed E-state index contributed by atoms with van der Waals surface area (Å²) < 4.78 is 16.9. The molecule has 0 aromatic heterocycles. The van der Waals surface area contributed by atoms with Gasteiger partial charge in [0.1, 0.15) is 13.2 Å². The van der Waals surface area contributed by atoms with Gasteiger partial charge < -0.3 is 14.2 Å². The van der Waals surface area contributed by atoms with Gasteiger partial charge in [0.15, 0.2) is 6.10 Å². The molecule has 0 rings (SSSR count). The molecule has 0 aromatic rings. The molecule has 6 nitrogen and oxygen atoms in total. The number of hydrogen-bond acceptors (Lipinski definition) is 6. The number of rotatable bonds is 55. The van der Waals surface area contributed by atoms with Crippen LogP contribution in [0.15, 0.2) is 36.5 Å². The van der Waals surface area contributed by atoms with Crippen LogP contribution in [0.25, 0.3) is 0 Å². The highest BCUT2D eigenvalue weighted by Gasteiger charge is 2.19. The van der Waals surface area contributed by atoms with Crippen LogP contribution in [0.3, 0.4) is 0 Å². The van der Waals surface area contributed by atoms with Crippen LogP contribution in [-0.2, 0) is 28.6 Å². The summed E-state index contributed by atoms with van der Waals surface area (Å²) in [6.07, 6.45) is 68.5. The van der Waals surface area contributed by atoms with Crippen LogP contribution in [-0.4, -0.2) is 37.2 Å². The van der Waals surface area contributed by atoms with Gasteiger partial charge in [0, 0.05) is 19.3 Å². The normalized spacial score (nSPS) is 12.2. The Labute approximate surface area is 423 Å². The van der Waals surface area contributed by atoms with E-state index in [0.29, 0.717) is 19.3 Å². The van der Waals surface area contributed by atoms with Crippen molar-refractivity contribution in [3.05, 3.63) is 36.5 Å². The molecule has 0 amide bonds. The molecular formula is C62H114O6. The SMILES string of the molecule is CCCCC/C=C\C/C=C\CCCCCCCC(=O)OCC(COC(=O)CCCCCCCCCCC/C=C\CCCCCCCC)OC(=O)CCCCCCCCCCCCCCCCCC. The van der Waals surface area contributed by atoms with Gasteiger partial charge in [-0.05, 0) is 77.0 Å². The topological polar surface area (TPSA) is 78.9 Å². The van der Waals surface area contributed by atoms with Crippen molar-refractivity contribution in [2.45, 2.75) is 329 Å². The third kappa shape index (κ3) is 54.6. The molecule has 68 heavy (non-hydrogen) atoms. The van der Waals surface area contributed by atoms with E-state index < -0.39 is 6.10 Å². The van der Waals surface area contributed by atoms with Crippen LogP contribution in [0.2, 0.25) is 0 Å². The second-order valence-electron chi connectivity index (χ2n) is 20.3. The van der Waals surface area contributed by atoms with E-state index >= 15 is 0 Å². The predicted octanol–water partition coefficient (Wildman–Crippen LogP) is 20.0. The van der Waals surface area contributed by atoms with E-state index in [-0.39, 0.29) is 31.1 Å². The fraction of sp³-hybridized carbons (Fsp3) is 0.855. The van der Waals surface area contributed by atoms with Crippen LogP contribution >= 0.6 is 0 Å². The number of hydrogen-bond donors (Lipinski definition) is 0. The van der Waals surface area contributed by atoms with Gasteiger partial charge in [-0.1, -0.05) is 263 Å². The van der Waals surface area contributed by atoms with E-state index in [1.165, 1.54) is 205 Å². The largest absolute Gasteiger partial charge is 0.462 e. The van der Waals surface area contributed by atoms with Crippen molar-refractivity contribution in [3.8, 4) is 0 Å². The first-order valence-electron chi connectivity index (χ1n) is 30.0. The van der Waals surface area contributed by atoms with Crippen molar-refractivity contribution in [1.29, 1.82) is 0 Å². The summed E-state index contributed by atoms with van der Waals surface area (Å²) in [6, 6.07) is 0. The van der Waals surface area contributed by atoms with Crippen molar-refractivity contribution >= 4 is 17.9 Å². The average molecular weight is 956 g/mol. The number of carbonyl (C=O) groups excluding carboxylic acids is 3. The van der Waals surface area contributed by atoms with Crippen molar-refractivity contribution in [3.63, 3.8) is 0 Å². The van der Waals surface area contributed by atoms with Crippen LogP contribution in [0.4, 0.5) is 0 Å². The molecule has 0 aliphatic carbocycles. The quantitative estimate of drug-likeness (QED) is 0.0262. The Morgan fingerprint density at radius 2 is 0.529 bits per heavy atom. The summed E-state index contributed by atoms with van der Waals surface area (Å²) >= 11 is 0. The van der Waals surface area contributed by atoms with Crippen molar-refractivity contribution < 1.29 is 28.6 Å². The Hall–Kier alpha value is -2.37. The molecule has 0 saturated carbocycles. The summed E-state index contributed by atoms with van der Waals surface area (Å²) in [7, 11) is 0. The highest BCUT2D eigenvalue weighted by molar-refractivity contribution is 5.71. The van der Waals surface area contributed by atoms with Gasteiger partial charge in [-0.25, -0.2) is 0 Å². The van der Waals surface area contributed by atoms with E-state index in [4.69, 9.17) is 14.2 Å². The number of unbranched alkanes of at least 4 members (excludes halogenated alkanes) is 38. The fourth-order valence-electron chi connectivity index (χ4n) is 8.82. The summed E-state index contributed by atoms with van der Waals surface area (Å²) in [4.78, 5) is 38.2. The number of carbonyl (C=O) groups is 3. The molecule has 0 bridgehead atoms. The number of allylic oxidation sites excluding steroid dienone is 6. The second kappa shape index (κ2) is 57.2. The summed E-state index contributed by atoms with van der Waals surface area (Å²) in [5.41, 5.74) is 0. The Balaban J connectivity index is 4.34. The molecule has 0 aromatic carbocycles. The first-order valence-corrected chi connectivity index (χ1v) is 30.0. The molecule has 1 unspecified atom stereocenters. The lowest BCUT2D eigenvalue weighted by Gasteiger charge is -2.18. The molecule has 0 saturated heterocycles. The molecule has 6 heteroatoms. The van der Waals surface area contributed by atoms with Crippen molar-refractivity contribution in [1.82, 2.24) is 0 Å². The second-order valence-corrected chi connectivity index (χ2v) is 20.3. The van der Waals surface area contributed by atoms with Gasteiger partial charge in [-0.3, -0.25) is 14.4 Å². The van der Waals surface area contributed by atoms with Gasteiger partial charge in [-0.2, -0.15) is 0 Å². The predicted molar refractivity (Wildman–Crippen MR) is 293 cm³/mol. The maximum absolute atomic E-state index is 12.9. The van der Waals surface area contributed by atoms with Gasteiger partial charge in [0.25, 0.3) is 0 Å². The average Bonchev–Trinajstić information content (AvgIpc) is 3.34. The van der Waals surface area contributed by atoms with Crippen LogP contribution in [0, 0.1) is 0 Å². The number of ether oxygens (including phenoxy) is 3. The molecule has 0 aliphatic heterocycles. The summed E-state index contributed by atoms with van der Waals surface area (Å²) in [6.45, 7) is 6.64. The highest BCUT2D eigenvalue weighted by atomic mass is 16.6. The first kappa shape index (κ1) is 65.6. The van der Waals surface area contributed by atoms with Crippen molar-refractivity contribution in [2.75, 3.05) is 13.2 Å². The fourth-order valence-corrected chi connectivity index (χ4v) is 8.82. The minimum atomic E-state index is -0.776. The molecule has 0 radical (unpaired) electrons. The first-order chi connectivity index (χ1) is 33.5. The molecule has 0 spiro atoms. The molecule has 0 N–H and O–H groups in total. The number of esters is 3. The van der Waals surface area contributed by atoms with Gasteiger partial charge in [0.2, 0.25) is 0 Å². The molecular weight excluding hydrogens is 841 g/mol. The minimum absolute atomic E-state index is 0.0740. The molecule has 0 aliphatic rings. The zero-order chi connectivity index (χ0) is 49.3. The monoisotopic (exact) mass is 955 g/mol. The zero-order valence-electron chi connectivity index (χ0n) is 45.6. The smallest absolute Gasteiger partial charge is 0.306 e. The zero-order valence-corrected chi connectivity index (χ0v) is 45.6. The molecule has 0 fully saturated rings. The van der Waals surface area contributed by atoms with Crippen LogP contribution in [0.5, 0.6) is 0 Å². The highest BCUT2D eigenvalue weighted by Crippen LogP contribution is 2.17. The standard InChI is InChI=1S/C62H114O6/c1-4-7-10-13-16-19-22-25-28-30-31-32-35-37-40-43-46-49-52-55-61(64)67-58-59(57-66-60(63)54-51-48-45-42-39-36-33-27-24-21-18-15-12-9-6-3)68-62(65)56-53-50-47-44-41-38-34-29-26-23-20-17-14-11-8-5-2/h18,21,25,27-28,33,59H,4-17,19-20,22-24,26,29-32,34-58H2,1-3H3/b21-18-,28-25-,33-27-. The summed E-state index contributed by atoms with van der Waals surface area (Å²) in [5, 5.41) is 0. The van der Waals surface area contributed by atoms with Crippen LogP contribution in [0.1, 0.15) is 323 Å². The van der Waals surface area contributed by atoms with Gasteiger partial charge >= 0.3 is 17.9 Å². The van der Waals surface area contributed by atoms with E-state index in [1.54, 1.807) is 0 Å². The van der Waals surface area contributed by atoms with E-state index in [0.717, 1.165) is 77.0 Å². The van der Waals surface area contributed by atoms with Gasteiger partial charge in [0.05, 0.1) is 0 Å². The maximum atomic E-state index is 12.9. The lowest BCUT2D eigenvalue weighted by molar-refractivity contribution is -0.167. The third-order valence-electron chi connectivity index (χ3n) is 13.4. The Kier molecular flexibility index (Phi) is 55.2. The van der Waals surface area contributed by atoms with Crippen molar-refractivity contribution in [2.24, 2.45) is 0 Å². The molecule has 398 valence electrons. The molecule has 0 heterocycles.